The summed E-state index contributed by atoms with van der Waals surface area (Å²) in [5.41, 5.74) is 0. The summed E-state index contributed by atoms with van der Waals surface area (Å²) in [6, 6.07) is 0. The quantitative estimate of drug-likeness (QED) is 0.494. The number of hydrogen-bond acceptors (Lipinski definition) is 1. The fourth-order valence-corrected chi connectivity index (χ4v) is 1.54. The summed E-state index contributed by atoms with van der Waals surface area (Å²) in [5, 5.41) is 3.28. The van der Waals surface area contributed by atoms with Gasteiger partial charge in [0, 0.05) is 0 Å². The van der Waals surface area contributed by atoms with Crippen molar-refractivity contribution in [3.05, 3.63) is 12.2 Å². The Kier molecular flexibility index (Phi) is 5.00. The largest absolute Gasteiger partial charge is 0.316 e. The van der Waals surface area contributed by atoms with Crippen LogP contribution in [0.3, 0.4) is 0 Å². The maximum absolute atomic E-state index is 11.7. The van der Waals surface area contributed by atoms with Crippen LogP contribution in [0.1, 0.15) is 25.7 Å². The molecule has 1 aliphatic rings. The van der Waals surface area contributed by atoms with Gasteiger partial charge in [0.25, 0.3) is 0 Å². The Morgan fingerprint density at radius 2 is 2.33 bits per heavy atom. The molecule has 1 rings (SSSR count). The second-order valence-electron chi connectivity index (χ2n) is 3.40. The zero-order valence-electron chi connectivity index (χ0n) is 7.56. The van der Waals surface area contributed by atoms with Crippen LogP contribution in [0.5, 0.6) is 0 Å². The van der Waals surface area contributed by atoms with Gasteiger partial charge in [0.15, 0.2) is 0 Å². The fourth-order valence-electron chi connectivity index (χ4n) is 1.54. The molecule has 12 heavy (non-hydrogen) atoms. The molecule has 0 amide bonds. The zero-order chi connectivity index (χ0) is 8.65. The topological polar surface area (TPSA) is 12.0 Å². The molecule has 0 aliphatic heterocycles. The predicted molar refractivity (Wildman–Crippen MR) is 49.9 cm³/mol. The highest BCUT2D eigenvalue weighted by Crippen LogP contribution is 2.16. The van der Waals surface area contributed by atoms with Crippen molar-refractivity contribution in [2.75, 3.05) is 19.8 Å². The third kappa shape index (κ3) is 3.86. The van der Waals surface area contributed by atoms with Gasteiger partial charge >= 0.3 is 0 Å². The molecule has 2 heteroatoms. The zero-order valence-corrected chi connectivity index (χ0v) is 7.56. The van der Waals surface area contributed by atoms with Crippen LogP contribution in [0.2, 0.25) is 0 Å². The van der Waals surface area contributed by atoms with E-state index in [0.717, 1.165) is 19.0 Å². The molecule has 1 N–H and O–H groups in total. The molecule has 0 heterocycles. The summed E-state index contributed by atoms with van der Waals surface area (Å²) in [6.07, 6.45) is 8.86. The average Bonchev–Trinajstić information content (AvgIpc) is 2.14. The Labute approximate surface area is 74.0 Å². The number of alkyl halides is 1. The first-order valence-corrected chi connectivity index (χ1v) is 4.85. The van der Waals surface area contributed by atoms with E-state index in [1.165, 1.54) is 19.3 Å². The van der Waals surface area contributed by atoms with E-state index >= 15 is 0 Å². The Hall–Kier alpha value is -0.370. The monoisotopic (exact) mass is 171 g/mol. The molecule has 0 saturated heterocycles. The van der Waals surface area contributed by atoms with Gasteiger partial charge in [-0.05, 0) is 44.7 Å². The van der Waals surface area contributed by atoms with Gasteiger partial charge < -0.3 is 5.32 Å². The van der Waals surface area contributed by atoms with Crippen LogP contribution in [-0.2, 0) is 0 Å². The molecule has 0 bridgehead atoms. The van der Waals surface area contributed by atoms with Crippen molar-refractivity contribution in [1.29, 1.82) is 0 Å². The summed E-state index contributed by atoms with van der Waals surface area (Å²) < 4.78 is 11.7. The van der Waals surface area contributed by atoms with Crippen molar-refractivity contribution in [3.8, 4) is 0 Å². The average molecular weight is 171 g/mol. The van der Waals surface area contributed by atoms with E-state index in [1.54, 1.807) is 0 Å². The maximum Gasteiger partial charge on any atom is 0.0906 e. The molecule has 70 valence electrons. The molecule has 0 fully saturated rings. The molecule has 0 aromatic heterocycles. The minimum atomic E-state index is -0.197. The molecule has 0 saturated carbocycles. The van der Waals surface area contributed by atoms with Crippen LogP contribution in [-0.4, -0.2) is 19.8 Å². The summed E-state index contributed by atoms with van der Waals surface area (Å²) in [6.45, 7) is 1.69. The lowest BCUT2D eigenvalue weighted by Crippen LogP contribution is -2.24. The minimum absolute atomic E-state index is 0.197. The number of halogens is 1. The highest BCUT2D eigenvalue weighted by atomic mass is 19.1. The lowest BCUT2D eigenvalue weighted by molar-refractivity contribution is 0.416. The number of rotatable bonds is 5. The maximum atomic E-state index is 11.7. The van der Waals surface area contributed by atoms with Crippen molar-refractivity contribution in [2.45, 2.75) is 25.7 Å². The van der Waals surface area contributed by atoms with Crippen molar-refractivity contribution in [1.82, 2.24) is 5.32 Å². The van der Waals surface area contributed by atoms with E-state index in [9.17, 15) is 4.39 Å². The van der Waals surface area contributed by atoms with E-state index in [0.29, 0.717) is 6.42 Å². The first-order chi connectivity index (χ1) is 5.93. The van der Waals surface area contributed by atoms with E-state index in [-0.39, 0.29) is 6.67 Å². The van der Waals surface area contributed by atoms with Crippen LogP contribution in [0, 0.1) is 5.92 Å². The standard InChI is InChI=1S/C10H18FN/c11-7-4-8-12-9-10-5-2-1-3-6-10/h1-2,10,12H,3-9H2. The van der Waals surface area contributed by atoms with E-state index in [1.807, 2.05) is 0 Å². The molecule has 0 spiro atoms. The number of nitrogens with one attached hydrogen (secondary N) is 1. The molecule has 1 unspecified atom stereocenters. The van der Waals surface area contributed by atoms with Gasteiger partial charge in [-0.3, -0.25) is 4.39 Å². The Morgan fingerprint density at radius 1 is 1.42 bits per heavy atom. The molecule has 1 atom stereocenters. The van der Waals surface area contributed by atoms with Gasteiger partial charge in [0.2, 0.25) is 0 Å². The van der Waals surface area contributed by atoms with Crippen molar-refractivity contribution < 1.29 is 4.39 Å². The van der Waals surface area contributed by atoms with Crippen LogP contribution < -0.4 is 5.32 Å². The normalized spacial score (nSPS) is 22.9. The second kappa shape index (κ2) is 6.18. The molecule has 0 radical (unpaired) electrons. The predicted octanol–water partition coefficient (Wildman–Crippen LogP) is 2.29. The molecule has 1 nitrogen and oxygen atoms in total. The van der Waals surface area contributed by atoms with Crippen LogP contribution in [0.4, 0.5) is 4.39 Å². The summed E-state index contributed by atoms with van der Waals surface area (Å²) in [4.78, 5) is 0. The van der Waals surface area contributed by atoms with Gasteiger partial charge in [0.05, 0.1) is 6.67 Å². The molecular weight excluding hydrogens is 153 g/mol. The van der Waals surface area contributed by atoms with Gasteiger partial charge in [-0.25, -0.2) is 0 Å². The van der Waals surface area contributed by atoms with Crippen LogP contribution in [0.15, 0.2) is 12.2 Å². The van der Waals surface area contributed by atoms with Crippen LogP contribution in [0.25, 0.3) is 0 Å². The summed E-state index contributed by atoms with van der Waals surface area (Å²) in [5.74, 6) is 0.787. The highest BCUT2D eigenvalue weighted by Gasteiger charge is 2.08. The SMILES string of the molecule is FCCCNCC1CC=CCC1. The van der Waals surface area contributed by atoms with Gasteiger partial charge in [-0.2, -0.15) is 0 Å². The minimum Gasteiger partial charge on any atom is -0.316 e. The smallest absolute Gasteiger partial charge is 0.0906 e. The third-order valence-corrected chi connectivity index (χ3v) is 2.30. The van der Waals surface area contributed by atoms with Gasteiger partial charge in [-0.1, -0.05) is 12.2 Å². The second-order valence-corrected chi connectivity index (χ2v) is 3.40. The van der Waals surface area contributed by atoms with E-state index in [2.05, 4.69) is 17.5 Å². The fraction of sp³-hybridized carbons (Fsp3) is 0.800. The number of allylic oxidation sites excluding steroid dienone is 2. The van der Waals surface area contributed by atoms with Crippen molar-refractivity contribution in [2.24, 2.45) is 5.92 Å². The van der Waals surface area contributed by atoms with Crippen molar-refractivity contribution in [3.63, 3.8) is 0 Å². The Morgan fingerprint density at radius 3 is 3.00 bits per heavy atom. The lowest BCUT2D eigenvalue weighted by Gasteiger charge is -2.17. The van der Waals surface area contributed by atoms with E-state index < -0.39 is 0 Å². The van der Waals surface area contributed by atoms with Crippen molar-refractivity contribution >= 4 is 0 Å². The van der Waals surface area contributed by atoms with E-state index in [4.69, 9.17) is 0 Å². The third-order valence-electron chi connectivity index (χ3n) is 2.30. The van der Waals surface area contributed by atoms with Gasteiger partial charge in [-0.15, -0.1) is 0 Å². The van der Waals surface area contributed by atoms with Gasteiger partial charge in [0.1, 0.15) is 0 Å². The molecule has 0 aromatic carbocycles. The highest BCUT2D eigenvalue weighted by molar-refractivity contribution is 4.90. The van der Waals surface area contributed by atoms with Crippen LogP contribution >= 0.6 is 0 Å². The molecular formula is C10H18FN. The Bertz CT molecular complexity index is 134. The summed E-state index contributed by atoms with van der Waals surface area (Å²) in [7, 11) is 0. The summed E-state index contributed by atoms with van der Waals surface area (Å²) >= 11 is 0. The Balaban J connectivity index is 1.95. The first-order valence-electron chi connectivity index (χ1n) is 4.85. The molecule has 0 aromatic rings. The first kappa shape index (κ1) is 9.72. The lowest BCUT2D eigenvalue weighted by atomic mass is 9.94. The number of hydrogen-bond donors (Lipinski definition) is 1. The molecule has 1 aliphatic carbocycles.